The van der Waals surface area contributed by atoms with Crippen molar-refractivity contribution in [2.75, 3.05) is 26.3 Å². The topological polar surface area (TPSA) is 57.2 Å². The summed E-state index contributed by atoms with van der Waals surface area (Å²) in [4.78, 5) is 13.8. The molecular formula is C24H32FNO5. The van der Waals surface area contributed by atoms with Gasteiger partial charge < -0.3 is 23.8 Å². The molecule has 6 nitrogen and oxygen atoms in total. The highest BCUT2D eigenvalue weighted by Gasteiger charge is 2.27. The summed E-state index contributed by atoms with van der Waals surface area (Å²) in [6.07, 6.45) is 3.56. The van der Waals surface area contributed by atoms with Crippen molar-refractivity contribution in [1.29, 1.82) is 0 Å². The molecule has 7 heteroatoms. The van der Waals surface area contributed by atoms with Crippen molar-refractivity contribution in [3.8, 4) is 17.6 Å². The number of likely N-dealkylation sites (tertiary alicyclic amines) is 1. The maximum absolute atomic E-state index is 14.7. The first-order chi connectivity index (χ1) is 14.8. The summed E-state index contributed by atoms with van der Waals surface area (Å²) in [5.74, 6) is 5.39. The number of ether oxygens (including phenoxy) is 4. The number of piperidine rings is 1. The molecule has 2 heterocycles. The van der Waals surface area contributed by atoms with E-state index in [4.69, 9.17) is 18.9 Å². The molecule has 0 saturated carbocycles. The smallest absolute Gasteiger partial charge is 0.410 e. The minimum Gasteiger partial charge on any atom is -0.462 e. The van der Waals surface area contributed by atoms with Crippen LogP contribution in [0.3, 0.4) is 0 Å². The molecule has 0 N–H and O–H groups in total. The molecule has 0 bridgehead atoms. The molecule has 1 amide bonds. The van der Waals surface area contributed by atoms with Crippen molar-refractivity contribution in [1.82, 2.24) is 4.90 Å². The lowest BCUT2D eigenvalue weighted by atomic mass is 10.1. The molecule has 1 unspecified atom stereocenters. The first-order valence-corrected chi connectivity index (χ1v) is 11.0. The first-order valence-electron chi connectivity index (χ1n) is 11.0. The molecule has 0 radical (unpaired) electrons. The van der Waals surface area contributed by atoms with Gasteiger partial charge in [-0.3, -0.25) is 0 Å². The zero-order valence-corrected chi connectivity index (χ0v) is 18.6. The van der Waals surface area contributed by atoms with Crippen molar-refractivity contribution in [2.45, 2.75) is 70.9 Å². The van der Waals surface area contributed by atoms with E-state index in [-0.39, 0.29) is 30.1 Å². The maximum Gasteiger partial charge on any atom is 0.410 e. The fraction of sp³-hybridized carbons (Fsp3) is 0.625. The van der Waals surface area contributed by atoms with E-state index in [2.05, 4.69) is 11.8 Å². The lowest BCUT2D eigenvalue weighted by molar-refractivity contribution is -0.107. The third kappa shape index (κ3) is 7.41. The number of hydrogen-bond acceptors (Lipinski definition) is 5. The number of carbonyl (C=O) groups is 1. The van der Waals surface area contributed by atoms with E-state index in [9.17, 15) is 9.18 Å². The highest BCUT2D eigenvalue weighted by molar-refractivity contribution is 5.68. The minimum absolute atomic E-state index is 0.0240. The van der Waals surface area contributed by atoms with E-state index in [1.165, 1.54) is 0 Å². The van der Waals surface area contributed by atoms with Crippen LogP contribution >= 0.6 is 0 Å². The van der Waals surface area contributed by atoms with Gasteiger partial charge in [-0.1, -0.05) is 17.9 Å². The quantitative estimate of drug-likeness (QED) is 0.655. The molecule has 0 aromatic heterocycles. The Morgan fingerprint density at radius 2 is 2.00 bits per heavy atom. The Hall–Kier alpha value is -2.30. The molecule has 1 aromatic carbocycles. The number of hydrogen-bond donors (Lipinski definition) is 0. The van der Waals surface area contributed by atoms with Crippen LogP contribution in [0.25, 0.3) is 0 Å². The van der Waals surface area contributed by atoms with Gasteiger partial charge in [0.2, 0.25) is 0 Å². The summed E-state index contributed by atoms with van der Waals surface area (Å²) in [6, 6.07) is 4.93. The maximum atomic E-state index is 14.7. The normalized spacial score (nSPS) is 20.0. The Labute approximate surface area is 184 Å². The fourth-order valence-electron chi connectivity index (χ4n) is 3.47. The van der Waals surface area contributed by atoms with Gasteiger partial charge in [-0.15, -0.1) is 0 Å². The Kier molecular flexibility index (Phi) is 8.16. The molecule has 170 valence electrons. The molecule has 3 rings (SSSR count). The van der Waals surface area contributed by atoms with Gasteiger partial charge in [0.15, 0.2) is 17.9 Å². The van der Waals surface area contributed by atoms with Gasteiger partial charge in [0.25, 0.3) is 0 Å². The van der Waals surface area contributed by atoms with Crippen LogP contribution in [-0.4, -0.2) is 55.3 Å². The van der Waals surface area contributed by atoms with Crippen molar-refractivity contribution in [3.05, 3.63) is 29.6 Å². The lowest BCUT2D eigenvalue weighted by Gasteiger charge is -2.33. The third-order valence-corrected chi connectivity index (χ3v) is 5.07. The molecule has 31 heavy (non-hydrogen) atoms. The van der Waals surface area contributed by atoms with E-state index in [0.29, 0.717) is 19.7 Å². The van der Waals surface area contributed by atoms with Gasteiger partial charge in [0, 0.05) is 19.5 Å². The van der Waals surface area contributed by atoms with Crippen molar-refractivity contribution < 1.29 is 28.1 Å². The Bertz CT molecular complexity index is 796. The van der Waals surface area contributed by atoms with E-state index in [1.54, 1.807) is 23.1 Å². The summed E-state index contributed by atoms with van der Waals surface area (Å²) in [7, 11) is 0. The largest absolute Gasteiger partial charge is 0.462 e. The highest BCUT2D eigenvalue weighted by Crippen LogP contribution is 2.24. The van der Waals surface area contributed by atoms with Crippen LogP contribution in [0.4, 0.5) is 9.18 Å². The second kappa shape index (κ2) is 10.8. The number of amides is 1. The van der Waals surface area contributed by atoms with Crippen LogP contribution in [0, 0.1) is 17.7 Å². The van der Waals surface area contributed by atoms with Crippen LogP contribution in [-0.2, 0) is 14.2 Å². The molecule has 0 aliphatic carbocycles. The van der Waals surface area contributed by atoms with E-state index < -0.39 is 17.7 Å². The van der Waals surface area contributed by atoms with Crippen LogP contribution in [0.15, 0.2) is 18.2 Å². The molecule has 0 spiro atoms. The SMILES string of the molecule is CC(C)(C)OC(=O)N1CCC(OCC#Cc2cccc(OC3CCCCO3)c2F)CC1. The predicted octanol–water partition coefficient (Wildman–Crippen LogP) is 4.50. The van der Waals surface area contributed by atoms with Gasteiger partial charge in [-0.25, -0.2) is 9.18 Å². The van der Waals surface area contributed by atoms with E-state index in [1.807, 2.05) is 20.8 Å². The standard InChI is InChI=1S/C24H32FNO5/c1-24(2,3)31-23(27)26-14-12-19(13-15-26)28-17-7-9-18-8-6-10-20(22(18)25)30-21-11-4-5-16-29-21/h6,8,10,19,21H,4-5,11-17H2,1-3H3. The van der Waals surface area contributed by atoms with E-state index >= 15 is 0 Å². The Morgan fingerprint density at radius 1 is 1.23 bits per heavy atom. The molecule has 2 saturated heterocycles. The monoisotopic (exact) mass is 433 g/mol. The van der Waals surface area contributed by atoms with Crippen LogP contribution in [0.5, 0.6) is 5.75 Å². The van der Waals surface area contributed by atoms with Gasteiger partial charge in [0.1, 0.15) is 12.2 Å². The lowest BCUT2D eigenvalue weighted by Crippen LogP contribution is -2.43. The fourth-order valence-corrected chi connectivity index (χ4v) is 3.47. The number of nitrogens with zero attached hydrogens (tertiary/aromatic N) is 1. The zero-order chi connectivity index (χ0) is 22.3. The average Bonchev–Trinajstić information content (AvgIpc) is 2.73. The van der Waals surface area contributed by atoms with Gasteiger partial charge in [0.05, 0.1) is 18.3 Å². The molecule has 1 atom stereocenters. The number of halogens is 1. The average molecular weight is 434 g/mol. The zero-order valence-electron chi connectivity index (χ0n) is 18.6. The van der Waals surface area contributed by atoms with Gasteiger partial charge in [-0.05, 0) is 58.6 Å². The molecular weight excluding hydrogens is 401 g/mol. The summed E-state index contributed by atoms with van der Waals surface area (Å²) in [5.41, 5.74) is -0.224. The first kappa shape index (κ1) is 23.4. The van der Waals surface area contributed by atoms with Crippen LogP contribution < -0.4 is 4.74 Å². The Morgan fingerprint density at radius 3 is 2.68 bits per heavy atom. The predicted molar refractivity (Wildman–Crippen MR) is 114 cm³/mol. The second-order valence-electron chi connectivity index (χ2n) is 8.81. The summed E-state index contributed by atoms with van der Waals surface area (Å²) in [6.45, 7) is 7.58. The molecule has 2 aliphatic rings. The Balaban J connectivity index is 1.44. The number of carbonyl (C=O) groups excluding carboxylic acids is 1. The summed E-state index contributed by atoms with van der Waals surface area (Å²) in [5, 5.41) is 0. The number of rotatable bonds is 4. The van der Waals surface area contributed by atoms with E-state index in [0.717, 1.165) is 32.1 Å². The summed E-state index contributed by atoms with van der Waals surface area (Å²) < 4.78 is 37.0. The molecule has 2 fully saturated rings. The van der Waals surface area contributed by atoms with Crippen LogP contribution in [0.1, 0.15) is 58.4 Å². The number of benzene rings is 1. The molecule has 2 aliphatic heterocycles. The second-order valence-corrected chi connectivity index (χ2v) is 8.81. The molecule has 1 aromatic rings. The van der Waals surface area contributed by atoms with Crippen molar-refractivity contribution in [2.24, 2.45) is 0 Å². The summed E-state index contributed by atoms with van der Waals surface area (Å²) >= 11 is 0. The highest BCUT2D eigenvalue weighted by atomic mass is 19.1. The van der Waals surface area contributed by atoms with Crippen molar-refractivity contribution >= 4 is 6.09 Å². The van der Waals surface area contributed by atoms with Gasteiger partial charge >= 0.3 is 6.09 Å². The van der Waals surface area contributed by atoms with Gasteiger partial charge in [-0.2, -0.15) is 0 Å². The third-order valence-electron chi connectivity index (χ3n) is 5.07. The van der Waals surface area contributed by atoms with Crippen LogP contribution in [0.2, 0.25) is 0 Å². The van der Waals surface area contributed by atoms with Crippen molar-refractivity contribution in [3.63, 3.8) is 0 Å². The minimum atomic E-state index is -0.499.